The number of carbonyl (C=O) groups is 1. The van der Waals surface area contributed by atoms with E-state index >= 15 is 0 Å². The van der Waals surface area contributed by atoms with Gasteiger partial charge in [0.2, 0.25) is 0 Å². The van der Waals surface area contributed by atoms with E-state index in [0.29, 0.717) is 11.0 Å². The second-order valence-electron chi connectivity index (χ2n) is 13.6. The summed E-state index contributed by atoms with van der Waals surface area (Å²) in [6.45, 7) is 12.5. The Kier molecular flexibility index (Phi) is 7.27. The Balaban J connectivity index is 1.29. The molecule has 0 radical (unpaired) electrons. The average Bonchev–Trinajstić information content (AvgIpc) is 3.22. The van der Waals surface area contributed by atoms with Crippen molar-refractivity contribution in [2.24, 2.45) is 46.3 Å². The smallest absolute Gasteiger partial charge is 0.343 e. The first-order valence-corrected chi connectivity index (χ1v) is 14.9. The Bertz CT molecular complexity index is 1000. The molecule has 2 saturated carbocycles. The lowest BCUT2D eigenvalue weighted by atomic mass is 9.47. The van der Waals surface area contributed by atoms with Crippen molar-refractivity contribution in [3.63, 3.8) is 0 Å². The predicted molar refractivity (Wildman–Crippen MR) is 148 cm³/mol. The molecule has 0 heterocycles. The highest BCUT2D eigenvalue weighted by atomic mass is 16.5. The Morgan fingerprint density at radius 3 is 2.53 bits per heavy atom. The molecular weight excluding hydrogens is 440 g/mol. The van der Waals surface area contributed by atoms with Crippen molar-refractivity contribution in [1.82, 2.24) is 0 Å². The number of carbonyl (C=O) groups excluding carboxylic acids is 1. The SMILES string of the molecule is CC(C)CCCC(C)C1CCC2C3CC=C4C=C(OC(=O)c5ccccc5)CCC4(C)C3CCC12C. The van der Waals surface area contributed by atoms with Crippen LogP contribution in [0.4, 0.5) is 0 Å². The summed E-state index contributed by atoms with van der Waals surface area (Å²) in [4.78, 5) is 12.6. The minimum Gasteiger partial charge on any atom is -0.427 e. The van der Waals surface area contributed by atoms with Gasteiger partial charge in [-0.2, -0.15) is 0 Å². The van der Waals surface area contributed by atoms with E-state index in [2.05, 4.69) is 46.8 Å². The second-order valence-corrected chi connectivity index (χ2v) is 13.6. The van der Waals surface area contributed by atoms with E-state index in [4.69, 9.17) is 4.74 Å². The number of ether oxygens (including phenoxy) is 1. The van der Waals surface area contributed by atoms with Gasteiger partial charge in [-0.05, 0) is 109 Å². The predicted octanol–water partition coefficient (Wildman–Crippen LogP) is 9.38. The normalized spacial score (nSPS) is 36.3. The van der Waals surface area contributed by atoms with Gasteiger partial charge in [-0.3, -0.25) is 0 Å². The van der Waals surface area contributed by atoms with Crippen LogP contribution < -0.4 is 0 Å². The molecule has 1 aromatic rings. The van der Waals surface area contributed by atoms with Crippen LogP contribution in [0.25, 0.3) is 0 Å². The summed E-state index contributed by atoms with van der Waals surface area (Å²) in [5.41, 5.74) is 2.82. The number of fused-ring (bicyclic) bond motifs is 5. The average molecular weight is 489 g/mol. The molecule has 0 amide bonds. The molecule has 0 aliphatic heterocycles. The van der Waals surface area contributed by atoms with Gasteiger partial charge in [0.1, 0.15) is 5.76 Å². The highest BCUT2D eigenvalue weighted by molar-refractivity contribution is 5.90. The number of hydrogen-bond acceptors (Lipinski definition) is 2. The van der Waals surface area contributed by atoms with Gasteiger partial charge in [0.25, 0.3) is 0 Å². The third-order valence-corrected chi connectivity index (χ3v) is 11.2. The molecule has 4 aliphatic carbocycles. The number of esters is 1. The molecule has 0 saturated heterocycles. The first kappa shape index (κ1) is 25.8. The summed E-state index contributed by atoms with van der Waals surface area (Å²) < 4.78 is 5.86. The Labute approximate surface area is 220 Å². The maximum absolute atomic E-state index is 12.6. The van der Waals surface area contributed by atoms with Gasteiger partial charge in [-0.15, -0.1) is 0 Å². The summed E-state index contributed by atoms with van der Waals surface area (Å²) in [5.74, 6) is 5.69. The molecular formula is C34H48O2. The van der Waals surface area contributed by atoms with Crippen molar-refractivity contribution in [2.45, 2.75) is 98.8 Å². The van der Waals surface area contributed by atoms with Crippen molar-refractivity contribution in [1.29, 1.82) is 0 Å². The number of hydrogen-bond donors (Lipinski definition) is 0. The quantitative estimate of drug-likeness (QED) is 0.357. The van der Waals surface area contributed by atoms with Crippen LogP contribution in [0.15, 0.2) is 53.8 Å². The Hall–Kier alpha value is -1.83. The Morgan fingerprint density at radius 1 is 1.00 bits per heavy atom. The lowest BCUT2D eigenvalue weighted by molar-refractivity contribution is -0.0465. The number of rotatable bonds is 7. The zero-order chi connectivity index (χ0) is 25.5. The van der Waals surface area contributed by atoms with Gasteiger partial charge < -0.3 is 4.74 Å². The molecule has 7 unspecified atom stereocenters. The van der Waals surface area contributed by atoms with E-state index in [1.54, 1.807) is 0 Å². The molecule has 36 heavy (non-hydrogen) atoms. The van der Waals surface area contributed by atoms with E-state index in [9.17, 15) is 4.79 Å². The molecule has 0 spiro atoms. The van der Waals surface area contributed by atoms with Crippen LogP contribution in [-0.4, -0.2) is 5.97 Å². The topological polar surface area (TPSA) is 26.3 Å². The fourth-order valence-electron chi connectivity index (χ4n) is 9.16. The molecule has 0 bridgehead atoms. The highest BCUT2D eigenvalue weighted by Gasteiger charge is 2.58. The third kappa shape index (κ3) is 4.63. The minimum atomic E-state index is -0.229. The molecule has 5 rings (SSSR count). The van der Waals surface area contributed by atoms with Crippen LogP contribution in [0.3, 0.4) is 0 Å². The summed E-state index contributed by atoms with van der Waals surface area (Å²) in [6.07, 6.45) is 17.8. The third-order valence-electron chi connectivity index (χ3n) is 11.2. The van der Waals surface area contributed by atoms with Gasteiger partial charge in [-0.1, -0.05) is 78.2 Å². The zero-order valence-electron chi connectivity index (χ0n) is 23.4. The standard InChI is InChI=1S/C34H48O2/c1-23(2)10-9-11-24(3)29-16-17-30-28-15-14-26-22-27(36-32(35)25-12-7-6-8-13-25)18-20-33(26,4)31(28)19-21-34(29,30)5/h6-8,12-14,22-24,28-31H,9-11,15-21H2,1-5H3. The van der Waals surface area contributed by atoms with Crippen LogP contribution >= 0.6 is 0 Å². The molecule has 7 atom stereocenters. The lowest BCUT2D eigenvalue weighted by Gasteiger charge is -2.57. The van der Waals surface area contributed by atoms with Crippen molar-refractivity contribution in [2.75, 3.05) is 0 Å². The molecule has 1 aromatic carbocycles. The Morgan fingerprint density at radius 2 is 1.78 bits per heavy atom. The molecule has 2 heteroatoms. The first-order chi connectivity index (χ1) is 17.2. The van der Waals surface area contributed by atoms with Gasteiger partial charge in [0, 0.05) is 6.42 Å². The van der Waals surface area contributed by atoms with Crippen LogP contribution in [-0.2, 0) is 4.74 Å². The van der Waals surface area contributed by atoms with Gasteiger partial charge in [0.05, 0.1) is 5.56 Å². The monoisotopic (exact) mass is 488 g/mol. The van der Waals surface area contributed by atoms with Crippen LogP contribution in [0.5, 0.6) is 0 Å². The summed E-state index contributed by atoms with van der Waals surface area (Å²) in [7, 11) is 0. The van der Waals surface area contributed by atoms with E-state index < -0.39 is 0 Å². The minimum absolute atomic E-state index is 0.229. The summed E-state index contributed by atoms with van der Waals surface area (Å²) in [5, 5.41) is 0. The largest absolute Gasteiger partial charge is 0.427 e. The molecule has 0 aromatic heterocycles. The highest BCUT2D eigenvalue weighted by Crippen LogP contribution is 2.67. The van der Waals surface area contributed by atoms with Gasteiger partial charge in [0.15, 0.2) is 0 Å². The molecule has 196 valence electrons. The number of allylic oxidation sites excluding steroid dienone is 4. The molecule has 4 aliphatic rings. The van der Waals surface area contributed by atoms with Crippen LogP contribution in [0.1, 0.15) is 109 Å². The molecule has 0 N–H and O–H groups in total. The summed E-state index contributed by atoms with van der Waals surface area (Å²) in [6, 6.07) is 9.38. The first-order valence-electron chi connectivity index (χ1n) is 14.9. The maximum Gasteiger partial charge on any atom is 0.343 e. The molecule has 2 fully saturated rings. The maximum atomic E-state index is 12.6. The molecule has 2 nitrogen and oxygen atoms in total. The lowest BCUT2D eigenvalue weighted by Crippen LogP contribution is -2.49. The van der Waals surface area contributed by atoms with E-state index in [1.807, 2.05) is 30.3 Å². The van der Waals surface area contributed by atoms with Crippen molar-refractivity contribution in [3.8, 4) is 0 Å². The van der Waals surface area contributed by atoms with Crippen LogP contribution in [0, 0.1) is 46.3 Å². The fraction of sp³-hybridized carbons (Fsp3) is 0.676. The van der Waals surface area contributed by atoms with Crippen molar-refractivity contribution in [3.05, 3.63) is 59.4 Å². The van der Waals surface area contributed by atoms with Gasteiger partial charge in [-0.25, -0.2) is 4.79 Å². The van der Waals surface area contributed by atoms with Crippen molar-refractivity contribution < 1.29 is 9.53 Å². The zero-order valence-corrected chi connectivity index (χ0v) is 23.4. The second kappa shape index (κ2) is 10.1. The van der Waals surface area contributed by atoms with Crippen LogP contribution in [0.2, 0.25) is 0 Å². The number of benzene rings is 1. The van der Waals surface area contributed by atoms with Crippen molar-refractivity contribution >= 4 is 5.97 Å². The van der Waals surface area contributed by atoms with E-state index in [0.717, 1.165) is 54.1 Å². The van der Waals surface area contributed by atoms with E-state index in [1.165, 1.54) is 56.9 Å². The van der Waals surface area contributed by atoms with Gasteiger partial charge >= 0.3 is 5.97 Å². The fourth-order valence-corrected chi connectivity index (χ4v) is 9.16. The van der Waals surface area contributed by atoms with E-state index in [-0.39, 0.29) is 11.4 Å². The summed E-state index contributed by atoms with van der Waals surface area (Å²) >= 11 is 0.